The molecule has 0 saturated heterocycles. The van der Waals surface area contributed by atoms with Gasteiger partial charge in [0.2, 0.25) is 0 Å². The quantitative estimate of drug-likeness (QED) is 0.810. The van der Waals surface area contributed by atoms with Crippen molar-refractivity contribution in [3.8, 4) is 0 Å². The number of benzene rings is 2. The Hall–Kier alpha value is -2.09. The first kappa shape index (κ1) is 11.4. The highest BCUT2D eigenvalue weighted by molar-refractivity contribution is 5.97. The number of carboxylic acid groups (broad SMARTS) is 1. The summed E-state index contributed by atoms with van der Waals surface area (Å²) >= 11 is 0. The Bertz CT molecular complexity index is 577. The fourth-order valence-corrected chi connectivity index (χ4v) is 1.88. The van der Waals surface area contributed by atoms with Gasteiger partial charge in [0, 0.05) is 5.57 Å². The third-order valence-electron chi connectivity index (χ3n) is 2.81. The maximum absolute atomic E-state index is 11.0. The second-order valence-corrected chi connectivity index (χ2v) is 3.90. The number of carbonyl (C=O) groups is 1. The van der Waals surface area contributed by atoms with Gasteiger partial charge in [0.05, 0.1) is 0 Å². The lowest BCUT2D eigenvalue weighted by Gasteiger charge is -2.03. The van der Waals surface area contributed by atoms with Crippen LogP contribution in [0.1, 0.15) is 18.9 Å². The van der Waals surface area contributed by atoms with Crippen LogP contribution in [0.2, 0.25) is 0 Å². The van der Waals surface area contributed by atoms with E-state index in [2.05, 4.69) is 0 Å². The summed E-state index contributed by atoms with van der Waals surface area (Å²) < 4.78 is 0. The molecule has 0 spiro atoms. The highest BCUT2D eigenvalue weighted by Crippen LogP contribution is 2.21. The third-order valence-corrected chi connectivity index (χ3v) is 2.81. The van der Waals surface area contributed by atoms with Gasteiger partial charge >= 0.3 is 5.97 Å². The molecule has 0 bridgehead atoms. The van der Waals surface area contributed by atoms with Gasteiger partial charge in [0.15, 0.2) is 0 Å². The van der Waals surface area contributed by atoms with E-state index < -0.39 is 5.97 Å². The highest BCUT2D eigenvalue weighted by Gasteiger charge is 2.05. The number of carboxylic acids is 1. The molecule has 0 aliphatic heterocycles. The van der Waals surface area contributed by atoms with Gasteiger partial charge in [-0.25, -0.2) is 4.79 Å². The second kappa shape index (κ2) is 4.83. The Labute approximate surface area is 100 Å². The molecule has 2 heteroatoms. The van der Waals surface area contributed by atoms with E-state index in [1.54, 1.807) is 6.08 Å². The standard InChI is InChI=1S/C15H14O2/c1-2-11(15(16)17)10-13-8-5-7-12-6-3-4-9-14(12)13/h3-10H,2H2,1H3,(H,16,17). The van der Waals surface area contributed by atoms with Crippen LogP contribution in [0, 0.1) is 0 Å². The molecule has 0 aromatic heterocycles. The van der Waals surface area contributed by atoms with Gasteiger partial charge < -0.3 is 5.11 Å². The fourth-order valence-electron chi connectivity index (χ4n) is 1.88. The van der Waals surface area contributed by atoms with Crippen LogP contribution in [0.4, 0.5) is 0 Å². The molecular formula is C15H14O2. The smallest absolute Gasteiger partial charge is 0.331 e. The van der Waals surface area contributed by atoms with Gasteiger partial charge in [-0.2, -0.15) is 0 Å². The average Bonchev–Trinajstić information content (AvgIpc) is 2.35. The van der Waals surface area contributed by atoms with Crippen molar-refractivity contribution >= 4 is 22.8 Å². The summed E-state index contributed by atoms with van der Waals surface area (Å²) in [5.41, 5.74) is 1.39. The van der Waals surface area contributed by atoms with Crippen LogP contribution in [0.3, 0.4) is 0 Å². The molecular weight excluding hydrogens is 212 g/mol. The molecule has 2 aromatic rings. The first-order valence-corrected chi connectivity index (χ1v) is 5.64. The van der Waals surface area contributed by atoms with Crippen molar-refractivity contribution in [1.29, 1.82) is 0 Å². The molecule has 86 valence electrons. The summed E-state index contributed by atoms with van der Waals surface area (Å²) in [7, 11) is 0. The van der Waals surface area contributed by atoms with Crippen LogP contribution in [0.5, 0.6) is 0 Å². The monoisotopic (exact) mass is 226 g/mol. The summed E-state index contributed by atoms with van der Waals surface area (Å²) in [5, 5.41) is 11.3. The van der Waals surface area contributed by atoms with E-state index in [1.165, 1.54) is 0 Å². The Morgan fingerprint density at radius 3 is 2.59 bits per heavy atom. The summed E-state index contributed by atoms with van der Waals surface area (Å²) in [6, 6.07) is 13.9. The van der Waals surface area contributed by atoms with Crippen molar-refractivity contribution in [2.45, 2.75) is 13.3 Å². The molecule has 0 aliphatic rings. The van der Waals surface area contributed by atoms with Crippen molar-refractivity contribution < 1.29 is 9.90 Å². The van der Waals surface area contributed by atoms with Crippen LogP contribution >= 0.6 is 0 Å². The maximum atomic E-state index is 11.0. The minimum atomic E-state index is -0.847. The van der Waals surface area contributed by atoms with Gasteiger partial charge in [-0.1, -0.05) is 49.4 Å². The van der Waals surface area contributed by atoms with E-state index in [-0.39, 0.29) is 0 Å². The molecule has 2 nitrogen and oxygen atoms in total. The molecule has 17 heavy (non-hydrogen) atoms. The summed E-state index contributed by atoms with van der Waals surface area (Å²) in [6.45, 7) is 1.85. The number of hydrogen-bond donors (Lipinski definition) is 1. The minimum Gasteiger partial charge on any atom is -0.478 e. The summed E-state index contributed by atoms with van der Waals surface area (Å²) in [4.78, 5) is 11.0. The molecule has 0 unspecified atom stereocenters. The lowest BCUT2D eigenvalue weighted by Crippen LogP contribution is -1.98. The van der Waals surface area contributed by atoms with Crippen LogP contribution in [0.25, 0.3) is 16.8 Å². The van der Waals surface area contributed by atoms with E-state index in [0.717, 1.165) is 16.3 Å². The molecule has 0 atom stereocenters. The maximum Gasteiger partial charge on any atom is 0.331 e. The van der Waals surface area contributed by atoms with Crippen LogP contribution in [-0.4, -0.2) is 11.1 Å². The Morgan fingerprint density at radius 2 is 1.88 bits per heavy atom. The molecule has 0 fully saturated rings. The van der Waals surface area contributed by atoms with Crippen LogP contribution < -0.4 is 0 Å². The number of hydrogen-bond acceptors (Lipinski definition) is 1. The molecule has 2 aromatic carbocycles. The van der Waals surface area contributed by atoms with Crippen molar-refractivity contribution in [2.75, 3.05) is 0 Å². The van der Waals surface area contributed by atoms with Gasteiger partial charge in [0.1, 0.15) is 0 Å². The van der Waals surface area contributed by atoms with Crippen molar-refractivity contribution in [3.63, 3.8) is 0 Å². The second-order valence-electron chi connectivity index (χ2n) is 3.90. The predicted molar refractivity (Wildman–Crippen MR) is 69.9 cm³/mol. The highest BCUT2D eigenvalue weighted by atomic mass is 16.4. The zero-order chi connectivity index (χ0) is 12.3. The van der Waals surface area contributed by atoms with E-state index >= 15 is 0 Å². The number of fused-ring (bicyclic) bond motifs is 1. The van der Waals surface area contributed by atoms with Gasteiger partial charge in [-0.15, -0.1) is 0 Å². The molecule has 2 rings (SSSR count). The van der Waals surface area contributed by atoms with E-state index in [1.807, 2.05) is 49.4 Å². The summed E-state index contributed by atoms with van der Waals surface area (Å²) in [6.07, 6.45) is 2.28. The largest absolute Gasteiger partial charge is 0.478 e. The molecule has 0 radical (unpaired) electrons. The lowest BCUT2D eigenvalue weighted by molar-refractivity contribution is -0.132. The molecule has 0 heterocycles. The van der Waals surface area contributed by atoms with Crippen molar-refractivity contribution in [3.05, 3.63) is 53.6 Å². The van der Waals surface area contributed by atoms with E-state index in [0.29, 0.717) is 12.0 Å². The predicted octanol–water partition coefficient (Wildman–Crippen LogP) is 3.72. The van der Waals surface area contributed by atoms with Crippen LogP contribution in [-0.2, 0) is 4.79 Å². The SMILES string of the molecule is CCC(=Cc1cccc2ccccc12)C(=O)O. The van der Waals surface area contributed by atoms with Gasteiger partial charge in [0.25, 0.3) is 0 Å². The zero-order valence-corrected chi connectivity index (χ0v) is 9.68. The lowest BCUT2D eigenvalue weighted by atomic mass is 10.0. The molecule has 0 saturated carbocycles. The number of aliphatic carboxylic acids is 1. The Balaban J connectivity index is 2.59. The van der Waals surface area contributed by atoms with Gasteiger partial charge in [-0.05, 0) is 28.8 Å². The third kappa shape index (κ3) is 2.36. The van der Waals surface area contributed by atoms with Crippen LogP contribution in [0.15, 0.2) is 48.0 Å². The minimum absolute atomic E-state index is 0.432. The molecule has 0 aliphatic carbocycles. The van der Waals surface area contributed by atoms with Gasteiger partial charge in [-0.3, -0.25) is 0 Å². The Morgan fingerprint density at radius 1 is 1.18 bits per heavy atom. The topological polar surface area (TPSA) is 37.3 Å². The normalized spacial score (nSPS) is 11.7. The Kier molecular flexibility index (Phi) is 3.24. The first-order chi connectivity index (χ1) is 8.22. The first-order valence-electron chi connectivity index (χ1n) is 5.64. The molecule has 1 N–H and O–H groups in total. The fraction of sp³-hybridized carbons (Fsp3) is 0.133. The van der Waals surface area contributed by atoms with Crippen molar-refractivity contribution in [2.24, 2.45) is 0 Å². The molecule has 0 amide bonds. The van der Waals surface area contributed by atoms with Crippen molar-refractivity contribution in [1.82, 2.24) is 0 Å². The van der Waals surface area contributed by atoms with E-state index in [9.17, 15) is 4.79 Å². The average molecular weight is 226 g/mol. The summed E-state index contributed by atoms with van der Waals surface area (Å²) in [5.74, 6) is -0.847. The number of rotatable bonds is 3. The van der Waals surface area contributed by atoms with E-state index in [4.69, 9.17) is 5.11 Å². The zero-order valence-electron chi connectivity index (χ0n) is 9.68.